The maximum atomic E-state index is 11.1. The van der Waals surface area contributed by atoms with Gasteiger partial charge in [0, 0.05) is 12.1 Å². The van der Waals surface area contributed by atoms with Crippen LogP contribution in [0.25, 0.3) is 5.52 Å². The van der Waals surface area contributed by atoms with E-state index in [1.807, 2.05) is 0 Å². The molecule has 1 saturated carbocycles. The summed E-state index contributed by atoms with van der Waals surface area (Å²) in [6, 6.07) is 2.88. The highest BCUT2D eigenvalue weighted by Crippen LogP contribution is 2.40. The van der Waals surface area contributed by atoms with E-state index in [9.17, 15) is 9.59 Å². The molecule has 2 aromatic heterocycles. The van der Waals surface area contributed by atoms with Gasteiger partial charge in [0.2, 0.25) is 0 Å². The van der Waals surface area contributed by atoms with Crippen molar-refractivity contribution in [3.63, 3.8) is 0 Å². The number of pyridine rings is 1. The maximum Gasteiger partial charge on any atom is 0.356 e. The van der Waals surface area contributed by atoms with E-state index in [1.165, 1.54) is 18.3 Å². The molecule has 2 N–H and O–H groups in total. The Morgan fingerprint density at radius 3 is 2.50 bits per heavy atom. The van der Waals surface area contributed by atoms with Gasteiger partial charge >= 0.3 is 11.9 Å². The molecule has 92 valence electrons. The summed E-state index contributed by atoms with van der Waals surface area (Å²) >= 11 is 0. The fourth-order valence-corrected chi connectivity index (χ4v) is 2.02. The summed E-state index contributed by atoms with van der Waals surface area (Å²) in [6.07, 6.45) is 3.37. The molecule has 0 spiro atoms. The molecule has 1 aliphatic carbocycles. The summed E-state index contributed by atoms with van der Waals surface area (Å²) < 4.78 is 1.59. The Morgan fingerprint density at radius 1 is 1.22 bits per heavy atom. The minimum absolute atomic E-state index is 0.0196. The Kier molecular flexibility index (Phi) is 2.13. The van der Waals surface area contributed by atoms with E-state index in [0.717, 1.165) is 12.8 Å². The minimum Gasteiger partial charge on any atom is -0.478 e. The Bertz CT molecular complexity index is 670. The smallest absolute Gasteiger partial charge is 0.356 e. The minimum atomic E-state index is -1.09. The lowest BCUT2D eigenvalue weighted by molar-refractivity contribution is 0.0684. The van der Waals surface area contributed by atoms with E-state index in [0.29, 0.717) is 11.3 Å². The number of carbonyl (C=O) groups is 2. The van der Waals surface area contributed by atoms with E-state index in [-0.39, 0.29) is 17.2 Å². The predicted octanol–water partition coefficient (Wildman–Crippen LogP) is 1.61. The highest BCUT2D eigenvalue weighted by Gasteiger charge is 2.30. The monoisotopic (exact) mass is 246 g/mol. The fourth-order valence-electron chi connectivity index (χ4n) is 2.02. The van der Waals surface area contributed by atoms with Gasteiger partial charge in [-0.05, 0) is 25.0 Å². The molecule has 0 bridgehead atoms. The highest BCUT2D eigenvalue weighted by molar-refractivity contribution is 5.95. The molecular weight excluding hydrogens is 236 g/mol. The zero-order chi connectivity index (χ0) is 12.9. The molecule has 1 fully saturated rings. The van der Waals surface area contributed by atoms with Gasteiger partial charge in [-0.3, -0.25) is 0 Å². The number of fused-ring (bicyclic) bond motifs is 1. The van der Waals surface area contributed by atoms with Crippen LogP contribution in [0.5, 0.6) is 0 Å². The van der Waals surface area contributed by atoms with Crippen molar-refractivity contribution in [3.05, 3.63) is 35.4 Å². The van der Waals surface area contributed by atoms with Gasteiger partial charge in [0.25, 0.3) is 0 Å². The van der Waals surface area contributed by atoms with Crippen LogP contribution in [0.2, 0.25) is 0 Å². The van der Waals surface area contributed by atoms with Gasteiger partial charge in [-0.15, -0.1) is 0 Å². The first kappa shape index (κ1) is 10.8. The number of hydrogen-bond donors (Lipinski definition) is 2. The first-order valence-corrected chi connectivity index (χ1v) is 5.56. The molecule has 18 heavy (non-hydrogen) atoms. The SMILES string of the molecule is O=C(O)c1ccc2c(C(=O)O)nc(C3CC3)n2c1. The molecule has 6 heteroatoms. The third kappa shape index (κ3) is 1.54. The quantitative estimate of drug-likeness (QED) is 0.858. The molecule has 2 aromatic rings. The zero-order valence-electron chi connectivity index (χ0n) is 9.33. The van der Waals surface area contributed by atoms with E-state index in [1.54, 1.807) is 4.40 Å². The number of carboxylic acids is 2. The van der Waals surface area contributed by atoms with Crippen molar-refractivity contribution in [2.24, 2.45) is 0 Å². The molecule has 6 nitrogen and oxygen atoms in total. The summed E-state index contributed by atoms with van der Waals surface area (Å²) in [5, 5.41) is 18.0. The first-order chi connectivity index (χ1) is 8.58. The Morgan fingerprint density at radius 2 is 1.94 bits per heavy atom. The first-order valence-electron chi connectivity index (χ1n) is 5.56. The predicted molar refractivity (Wildman–Crippen MR) is 61.1 cm³/mol. The summed E-state index contributed by atoms with van der Waals surface area (Å²) in [5.41, 5.74) is 0.543. The van der Waals surface area contributed by atoms with Crippen LogP contribution < -0.4 is 0 Å². The van der Waals surface area contributed by atoms with Crippen molar-refractivity contribution in [2.75, 3.05) is 0 Å². The van der Waals surface area contributed by atoms with Crippen LogP contribution in [0.15, 0.2) is 18.3 Å². The summed E-state index contributed by atoms with van der Waals surface area (Å²) in [5.74, 6) is -1.24. The van der Waals surface area contributed by atoms with Crippen molar-refractivity contribution in [2.45, 2.75) is 18.8 Å². The van der Waals surface area contributed by atoms with Crippen molar-refractivity contribution in [1.82, 2.24) is 9.38 Å². The van der Waals surface area contributed by atoms with Crippen LogP contribution in [0.4, 0.5) is 0 Å². The van der Waals surface area contributed by atoms with Gasteiger partial charge < -0.3 is 14.6 Å². The summed E-state index contributed by atoms with van der Waals surface area (Å²) in [7, 11) is 0. The van der Waals surface area contributed by atoms with Crippen LogP contribution >= 0.6 is 0 Å². The standard InChI is InChI=1S/C12H10N2O4/c15-11(16)7-3-4-8-9(12(17)18)13-10(6-1-2-6)14(8)5-7/h3-6H,1-2H2,(H,15,16)(H,17,18). The van der Waals surface area contributed by atoms with Crippen LogP contribution in [0.1, 0.15) is 45.4 Å². The van der Waals surface area contributed by atoms with Crippen LogP contribution in [-0.2, 0) is 0 Å². The largest absolute Gasteiger partial charge is 0.478 e. The molecule has 0 saturated heterocycles. The molecule has 0 aliphatic heterocycles. The third-order valence-electron chi connectivity index (χ3n) is 3.06. The van der Waals surface area contributed by atoms with Gasteiger partial charge in [0.15, 0.2) is 5.69 Å². The van der Waals surface area contributed by atoms with Crippen molar-refractivity contribution in [1.29, 1.82) is 0 Å². The van der Waals surface area contributed by atoms with Crippen LogP contribution in [-0.4, -0.2) is 31.5 Å². The molecule has 1 aliphatic rings. The molecule has 0 amide bonds. The number of carboxylic acid groups (broad SMARTS) is 2. The fraction of sp³-hybridized carbons (Fsp3) is 0.250. The Balaban J connectivity index is 2.28. The van der Waals surface area contributed by atoms with E-state index >= 15 is 0 Å². The zero-order valence-corrected chi connectivity index (χ0v) is 9.33. The lowest BCUT2D eigenvalue weighted by atomic mass is 10.2. The average Bonchev–Trinajstić information content (AvgIpc) is 3.09. The number of nitrogens with zero attached hydrogens (tertiary/aromatic N) is 2. The lowest BCUT2D eigenvalue weighted by Crippen LogP contribution is -2.01. The summed E-state index contributed by atoms with van der Waals surface area (Å²) in [4.78, 5) is 26.2. The number of aromatic nitrogens is 2. The van der Waals surface area contributed by atoms with Crippen LogP contribution in [0.3, 0.4) is 0 Å². The van der Waals surface area contributed by atoms with Gasteiger partial charge in [-0.2, -0.15) is 0 Å². The van der Waals surface area contributed by atoms with Gasteiger partial charge in [0.1, 0.15) is 5.82 Å². The highest BCUT2D eigenvalue weighted by atomic mass is 16.4. The van der Waals surface area contributed by atoms with Gasteiger partial charge in [-0.25, -0.2) is 14.6 Å². The van der Waals surface area contributed by atoms with E-state index in [4.69, 9.17) is 10.2 Å². The Labute approximate surface area is 101 Å². The molecule has 0 radical (unpaired) electrons. The average molecular weight is 246 g/mol. The second-order valence-corrected chi connectivity index (χ2v) is 4.38. The second kappa shape index (κ2) is 3.56. The van der Waals surface area contributed by atoms with Crippen molar-refractivity contribution in [3.8, 4) is 0 Å². The molecule has 0 unspecified atom stereocenters. The van der Waals surface area contributed by atoms with E-state index < -0.39 is 11.9 Å². The topological polar surface area (TPSA) is 91.9 Å². The van der Waals surface area contributed by atoms with Gasteiger partial charge in [0.05, 0.1) is 11.1 Å². The third-order valence-corrected chi connectivity index (χ3v) is 3.06. The van der Waals surface area contributed by atoms with Gasteiger partial charge in [-0.1, -0.05) is 0 Å². The maximum absolute atomic E-state index is 11.1. The number of aromatic carboxylic acids is 2. The number of hydrogen-bond acceptors (Lipinski definition) is 3. The summed E-state index contributed by atoms with van der Waals surface area (Å²) in [6.45, 7) is 0. The molecule has 0 aromatic carbocycles. The van der Waals surface area contributed by atoms with Crippen LogP contribution in [0, 0.1) is 0 Å². The normalized spacial score (nSPS) is 14.9. The molecule has 2 heterocycles. The number of imidazole rings is 1. The van der Waals surface area contributed by atoms with Crippen molar-refractivity contribution < 1.29 is 19.8 Å². The molecule has 0 atom stereocenters. The molecular formula is C12H10N2O4. The Hall–Kier alpha value is -2.37. The lowest BCUT2D eigenvalue weighted by Gasteiger charge is -2.00. The molecule has 3 rings (SSSR count). The van der Waals surface area contributed by atoms with E-state index in [2.05, 4.69) is 4.98 Å². The second-order valence-electron chi connectivity index (χ2n) is 4.38. The number of rotatable bonds is 3. The van der Waals surface area contributed by atoms with Crippen molar-refractivity contribution >= 4 is 17.5 Å².